The summed E-state index contributed by atoms with van der Waals surface area (Å²) in [7, 11) is 2.76. The summed E-state index contributed by atoms with van der Waals surface area (Å²) in [6.07, 6.45) is 2.79. The lowest BCUT2D eigenvalue weighted by atomic mass is 9.93. The number of ether oxygens (including phenoxy) is 2. The number of hydrogen-bond donors (Lipinski definition) is 0. The number of methoxy groups -OCH3 is 2. The number of carbonyl (C=O) groups excluding carboxylic acids is 2. The fraction of sp³-hybridized carbons (Fsp3) is 0.500. The zero-order valence-electron chi connectivity index (χ0n) is 12.9. The van der Waals surface area contributed by atoms with E-state index in [1.54, 1.807) is 9.80 Å². The van der Waals surface area contributed by atoms with Crippen LogP contribution in [-0.4, -0.2) is 39.5 Å². The molecular formula is C16H20N2O4. The second-order valence-corrected chi connectivity index (χ2v) is 5.53. The molecule has 2 aliphatic heterocycles. The summed E-state index contributed by atoms with van der Waals surface area (Å²) < 4.78 is 9.82. The molecule has 2 heterocycles. The lowest BCUT2D eigenvalue weighted by molar-refractivity contribution is 0.176. The van der Waals surface area contributed by atoms with E-state index in [0.717, 1.165) is 48.2 Å². The van der Waals surface area contributed by atoms with Crippen molar-refractivity contribution in [1.82, 2.24) is 0 Å². The van der Waals surface area contributed by atoms with Gasteiger partial charge in [-0.1, -0.05) is 12.1 Å². The van der Waals surface area contributed by atoms with Gasteiger partial charge in [-0.25, -0.2) is 9.59 Å². The maximum absolute atomic E-state index is 12.1. The van der Waals surface area contributed by atoms with Crippen molar-refractivity contribution >= 4 is 23.6 Å². The molecule has 2 aliphatic rings. The zero-order valence-corrected chi connectivity index (χ0v) is 12.9. The van der Waals surface area contributed by atoms with Crippen LogP contribution in [0.2, 0.25) is 0 Å². The van der Waals surface area contributed by atoms with Gasteiger partial charge in [-0.15, -0.1) is 0 Å². The number of anilines is 2. The molecule has 1 aromatic carbocycles. The highest BCUT2D eigenvalue weighted by atomic mass is 16.5. The molecule has 1 aromatic rings. The van der Waals surface area contributed by atoms with Crippen LogP contribution in [0.15, 0.2) is 12.1 Å². The van der Waals surface area contributed by atoms with Gasteiger partial charge in [0.1, 0.15) is 0 Å². The minimum atomic E-state index is -0.385. The molecule has 0 aliphatic carbocycles. The van der Waals surface area contributed by atoms with Crippen LogP contribution in [0.5, 0.6) is 0 Å². The number of rotatable bonds is 0. The molecule has 0 radical (unpaired) electrons. The Morgan fingerprint density at radius 2 is 1.27 bits per heavy atom. The molecule has 6 nitrogen and oxygen atoms in total. The minimum Gasteiger partial charge on any atom is -0.452 e. The molecule has 3 rings (SSSR count). The van der Waals surface area contributed by atoms with E-state index in [4.69, 9.17) is 9.47 Å². The first kappa shape index (κ1) is 14.7. The second-order valence-electron chi connectivity index (χ2n) is 5.53. The van der Waals surface area contributed by atoms with Crippen LogP contribution < -0.4 is 9.80 Å². The number of aryl methyl sites for hydroxylation is 2. The van der Waals surface area contributed by atoms with Crippen LogP contribution >= 0.6 is 0 Å². The zero-order chi connectivity index (χ0) is 15.7. The third-order valence-electron chi connectivity index (χ3n) is 4.30. The molecule has 0 unspecified atom stereocenters. The lowest BCUT2D eigenvalue weighted by Gasteiger charge is -2.37. The Balaban J connectivity index is 2.16. The molecule has 0 bridgehead atoms. The standard InChI is InChI=1S/C16H20N2O4/c1-21-15(19)17-9-3-5-11-7-8-12-6-4-10-18(16(20)22-2)14(12)13(11)17/h7-8H,3-6,9-10H2,1-2H3. The molecule has 2 amide bonds. The van der Waals surface area contributed by atoms with Gasteiger partial charge < -0.3 is 9.47 Å². The number of hydrogen-bond acceptors (Lipinski definition) is 4. The van der Waals surface area contributed by atoms with Gasteiger partial charge in [-0.2, -0.15) is 0 Å². The number of amides is 2. The molecule has 118 valence electrons. The van der Waals surface area contributed by atoms with Crippen molar-refractivity contribution in [2.75, 3.05) is 37.1 Å². The average Bonchev–Trinajstić information content (AvgIpc) is 2.58. The van der Waals surface area contributed by atoms with Crippen molar-refractivity contribution in [2.45, 2.75) is 25.7 Å². The summed E-state index contributed by atoms with van der Waals surface area (Å²) in [5.41, 5.74) is 3.76. The Hall–Kier alpha value is -2.24. The first-order chi connectivity index (χ1) is 10.7. The highest BCUT2D eigenvalue weighted by Gasteiger charge is 2.33. The molecule has 0 spiro atoms. The van der Waals surface area contributed by atoms with E-state index in [-0.39, 0.29) is 12.2 Å². The largest absolute Gasteiger partial charge is 0.452 e. The maximum atomic E-state index is 12.1. The summed E-state index contributed by atoms with van der Waals surface area (Å²) in [6, 6.07) is 4.12. The lowest BCUT2D eigenvalue weighted by Crippen LogP contribution is -2.41. The maximum Gasteiger partial charge on any atom is 0.414 e. The highest BCUT2D eigenvalue weighted by molar-refractivity contribution is 6.01. The fourth-order valence-corrected chi connectivity index (χ4v) is 3.33. The highest BCUT2D eigenvalue weighted by Crippen LogP contribution is 2.42. The van der Waals surface area contributed by atoms with Crippen LogP contribution in [0.25, 0.3) is 0 Å². The molecule has 0 saturated carbocycles. The molecule has 22 heavy (non-hydrogen) atoms. The fourth-order valence-electron chi connectivity index (χ4n) is 3.33. The quantitative estimate of drug-likeness (QED) is 0.739. The van der Waals surface area contributed by atoms with Crippen molar-refractivity contribution in [3.05, 3.63) is 23.3 Å². The summed E-state index contributed by atoms with van der Waals surface area (Å²) >= 11 is 0. The van der Waals surface area contributed by atoms with Crippen LogP contribution in [-0.2, 0) is 22.3 Å². The average molecular weight is 304 g/mol. The van der Waals surface area contributed by atoms with Crippen molar-refractivity contribution in [3.63, 3.8) is 0 Å². The minimum absolute atomic E-state index is 0.385. The van der Waals surface area contributed by atoms with Crippen LogP contribution in [0.4, 0.5) is 21.0 Å². The molecule has 0 aromatic heterocycles. The van der Waals surface area contributed by atoms with Gasteiger partial charge in [-0.3, -0.25) is 9.80 Å². The van der Waals surface area contributed by atoms with E-state index in [1.807, 2.05) is 0 Å². The normalized spacial score (nSPS) is 16.6. The number of fused-ring (bicyclic) bond motifs is 3. The van der Waals surface area contributed by atoms with Crippen molar-refractivity contribution in [3.8, 4) is 0 Å². The number of benzene rings is 1. The smallest absolute Gasteiger partial charge is 0.414 e. The summed E-state index contributed by atoms with van der Waals surface area (Å²) in [5.74, 6) is 0. The van der Waals surface area contributed by atoms with E-state index >= 15 is 0 Å². The van der Waals surface area contributed by atoms with E-state index in [2.05, 4.69) is 12.1 Å². The summed E-state index contributed by atoms with van der Waals surface area (Å²) in [6.45, 7) is 1.20. The second kappa shape index (κ2) is 5.87. The van der Waals surface area contributed by atoms with Gasteiger partial charge in [0.2, 0.25) is 0 Å². The molecule has 6 heteroatoms. The topological polar surface area (TPSA) is 59.1 Å². The Bertz CT molecular complexity index is 561. The van der Waals surface area contributed by atoms with Crippen LogP contribution in [0.3, 0.4) is 0 Å². The Morgan fingerprint density at radius 1 is 0.864 bits per heavy atom. The predicted molar refractivity (Wildman–Crippen MR) is 82.6 cm³/mol. The Kier molecular flexibility index (Phi) is 3.92. The number of carbonyl (C=O) groups is 2. The SMILES string of the molecule is COC(=O)N1CCCc2ccc3c(c21)N(C(=O)OC)CCC3. The molecule has 0 saturated heterocycles. The third-order valence-corrected chi connectivity index (χ3v) is 4.30. The van der Waals surface area contributed by atoms with E-state index in [0.29, 0.717) is 13.1 Å². The van der Waals surface area contributed by atoms with Gasteiger partial charge in [-0.05, 0) is 36.8 Å². The van der Waals surface area contributed by atoms with Gasteiger partial charge >= 0.3 is 12.2 Å². The Labute approximate surface area is 129 Å². The van der Waals surface area contributed by atoms with Crippen molar-refractivity contribution in [2.24, 2.45) is 0 Å². The van der Waals surface area contributed by atoms with Gasteiger partial charge in [0.05, 0.1) is 25.6 Å². The molecular weight excluding hydrogens is 284 g/mol. The number of nitrogens with zero attached hydrogens (tertiary/aromatic N) is 2. The molecule has 0 N–H and O–H groups in total. The molecule has 0 fully saturated rings. The van der Waals surface area contributed by atoms with Gasteiger partial charge in [0.15, 0.2) is 0 Å². The summed E-state index contributed by atoms with van der Waals surface area (Å²) in [4.78, 5) is 27.5. The first-order valence-corrected chi connectivity index (χ1v) is 7.53. The van der Waals surface area contributed by atoms with Crippen molar-refractivity contribution in [1.29, 1.82) is 0 Å². The first-order valence-electron chi connectivity index (χ1n) is 7.53. The molecule has 0 atom stereocenters. The van der Waals surface area contributed by atoms with Crippen LogP contribution in [0.1, 0.15) is 24.0 Å². The van der Waals surface area contributed by atoms with Gasteiger partial charge in [0.25, 0.3) is 0 Å². The summed E-state index contributed by atoms with van der Waals surface area (Å²) in [5, 5.41) is 0. The van der Waals surface area contributed by atoms with Crippen molar-refractivity contribution < 1.29 is 19.1 Å². The van der Waals surface area contributed by atoms with E-state index in [9.17, 15) is 9.59 Å². The van der Waals surface area contributed by atoms with Crippen LogP contribution in [0, 0.1) is 0 Å². The third kappa shape index (κ3) is 2.28. The Morgan fingerprint density at radius 3 is 1.64 bits per heavy atom. The predicted octanol–water partition coefficient (Wildman–Crippen LogP) is 2.72. The van der Waals surface area contributed by atoms with Gasteiger partial charge in [0, 0.05) is 13.1 Å². The van der Waals surface area contributed by atoms with E-state index < -0.39 is 0 Å². The monoisotopic (exact) mass is 304 g/mol. The van der Waals surface area contributed by atoms with E-state index in [1.165, 1.54) is 14.2 Å².